The largest absolute Gasteiger partial charge is 0.504 e. The van der Waals surface area contributed by atoms with Crippen molar-refractivity contribution in [1.29, 1.82) is 0 Å². The third kappa shape index (κ3) is 5.05. The van der Waals surface area contributed by atoms with Crippen LogP contribution in [0.15, 0.2) is 24.3 Å². The number of phenolic OH excluding ortho intramolecular Hbond substituents is 1. The SMILES string of the molecule is COc1ccc2[nH]c3c(c2c1)C[C@H](CN)N[C@]31CS[C@@H]2c3c(OC(C)=O)c(C)c4c(c3[C@H](COC1=O)N1[C@@H]2[C@H]2c3c(cc(C)c(OC)c3O)C[C@@H]([C@@H]1O)N2C)OCO4. The smallest absolute Gasteiger partial charge is 0.333 e. The molecule has 4 bridgehead atoms. The molecule has 4 aromatic rings. The highest BCUT2D eigenvalue weighted by molar-refractivity contribution is 7.99. The van der Waals surface area contributed by atoms with E-state index in [1.807, 2.05) is 50.1 Å². The van der Waals surface area contributed by atoms with Crippen LogP contribution in [0.1, 0.15) is 68.9 Å². The normalized spacial score (nSPS) is 29.7. The molecule has 8 atom stereocenters. The van der Waals surface area contributed by atoms with E-state index in [1.165, 1.54) is 18.7 Å². The number of piperazine rings is 1. The van der Waals surface area contributed by atoms with Crippen LogP contribution in [-0.2, 0) is 32.7 Å². The Morgan fingerprint density at radius 1 is 1.07 bits per heavy atom. The predicted molar refractivity (Wildman–Crippen MR) is 213 cm³/mol. The molecule has 15 nitrogen and oxygen atoms in total. The van der Waals surface area contributed by atoms with E-state index in [0.717, 1.165) is 27.6 Å². The van der Waals surface area contributed by atoms with Gasteiger partial charge in [0.25, 0.3) is 0 Å². The summed E-state index contributed by atoms with van der Waals surface area (Å²) in [6.45, 7) is 5.13. The number of nitrogens with two attached hydrogens (primary N) is 1. The lowest BCUT2D eigenvalue weighted by atomic mass is 9.73. The van der Waals surface area contributed by atoms with Crippen molar-refractivity contribution in [3.63, 3.8) is 0 Å². The topological polar surface area (TPSA) is 190 Å². The maximum Gasteiger partial charge on any atom is 0.333 e. The van der Waals surface area contributed by atoms with Crippen molar-refractivity contribution in [3.05, 3.63) is 68.9 Å². The van der Waals surface area contributed by atoms with Gasteiger partial charge in [-0.05, 0) is 68.6 Å². The fourth-order valence-corrected chi connectivity index (χ4v) is 12.5. The number of methoxy groups -OCH3 is 2. The van der Waals surface area contributed by atoms with Crippen molar-refractivity contribution < 1.29 is 48.2 Å². The van der Waals surface area contributed by atoms with Crippen LogP contribution >= 0.6 is 11.8 Å². The third-order valence-corrected chi connectivity index (χ3v) is 14.8. The minimum Gasteiger partial charge on any atom is -0.504 e. The minimum atomic E-state index is -1.39. The molecule has 2 saturated heterocycles. The number of carbonyl (C=O) groups excluding carboxylic acids is 2. The lowest BCUT2D eigenvalue weighted by molar-refractivity contribution is -0.186. The standard InChI is InChI=1S/C42H47N5O10S/c1-17-9-20-10-26-40(50)47-27-14-54-41(51)42(39-24(11-21(13-43)45-42)23-12-22(52-5)7-8-25(23)44-39)15-58-38(32(47)31(46(26)4)28(20)33(49)34(17)53-6)30-29(27)37-36(55-16-56-37)18(2)35(30)57-19(3)48/h7-9,12,21,26-27,31-32,38,40,44-45,49-50H,10-11,13-16,43H2,1-6H3/t21-,26+,27+,31-,32-,38-,40+,42-/m1/s1. The quantitative estimate of drug-likeness (QED) is 0.149. The van der Waals surface area contributed by atoms with Crippen molar-refractivity contribution in [2.45, 2.75) is 80.8 Å². The van der Waals surface area contributed by atoms with Gasteiger partial charge in [0.05, 0.1) is 43.3 Å². The number of ether oxygens (including phenoxy) is 6. The molecule has 0 amide bonds. The van der Waals surface area contributed by atoms with Gasteiger partial charge in [0.1, 0.15) is 24.3 Å². The number of rotatable bonds is 4. The molecule has 7 aliphatic heterocycles. The molecule has 2 fully saturated rings. The van der Waals surface area contributed by atoms with E-state index in [-0.39, 0.29) is 43.5 Å². The number of aromatic nitrogens is 1. The molecule has 1 aromatic heterocycles. The summed E-state index contributed by atoms with van der Waals surface area (Å²) in [7, 11) is 5.14. The lowest BCUT2D eigenvalue weighted by Gasteiger charge is -2.62. The molecule has 3 aromatic carbocycles. The van der Waals surface area contributed by atoms with Crippen LogP contribution in [0.3, 0.4) is 0 Å². The van der Waals surface area contributed by atoms with E-state index >= 15 is 4.79 Å². The average molecular weight is 814 g/mol. The monoisotopic (exact) mass is 813 g/mol. The fourth-order valence-electron chi connectivity index (χ4n) is 10.9. The second kappa shape index (κ2) is 13.4. The summed E-state index contributed by atoms with van der Waals surface area (Å²) in [5, 5.41) is 28.8. The Morgan fingerprint density at radius 2 is 1.86 bits per heavy atom. The van der Waals surface area contributed by atoms with Gasteiger partial charge in [-0.3, -0.25) is 19.9 Å². The van der Waals surface area contributed by atoms with Crippen LogP contribution in [0.5, 0.6) is 34.5 Å². The number of thioether (sulfide) groups is 1. The van der Waals surface area contributed by atoms with Gasteiger partial charge in [-0.25, -0.2) is 4.79 Å². The molecule has 0 unspecified atom stereocenters. The number of aromatic hydroxyl groups is 1. The van der Waals surface area contributed by atoms with Crippen molar-refractivity contribution in [2.24, 2.45) is 5.73 Å². The zero-order chi connectivity index (χ0) is 40.5. The zero-order valence-corrected chi connectivity index (χ0v) is 34.0. The van der Waals surface area contributed by atoms with Gasteiger partial charge in [-0.1, -0.05) is 6.07 Å². The Hall–Kier alpha value is -4.71. The van der Waals surface area contributed by atoms with Crippen molar-refractivity contribution in [2.75, 3.05) is 47.0 Å². The first-order valence-corrected chi connectivity index (χ1v) is 20.6. The number of likely N-dealkylation sites (N-methyl/N-ethyl adjacent to an activating group) is 1. The predicted octanol–water partition coefficient (Wildman–Crippen LogP) is 3.52. The first-order chi connectivity index (χ1) is 27.9. The summed E-state index contributed by atoms with van der Waals surface area (Å²) in [5.74, 6) is 1.51. The Morgan fingerprint density at radius 3 is 2.60 bits per heavy atom. The number of fused-ring (bicyclic) bond motifs is 11. The number of aliphatic hydroxyl groups excluding tert-OH is 1. The number of nitrogens with zero attached hydrogens (tertiary/aromatic N) is 2. The molecule has 8 heterocycles. The molecule has 16 heteroatoms. The Balaban J connectivity index is 1.24. The summed E-state index contributed by atoms with van der Waals surface area (Å²) in [6.07, 6.45) is -0.0202. The number of aromatic amines is 1. The fraction of sp³-hybridized carbons (Fsp3) is 0.476. The van der Waals surface area contributed by atoms with Gasteiger partial charge in [-0.15, -0.1) is 11.8 Å². The lowest BCUT2D eigenvalue weighted by Crippen LogP contribution is -2.70. The number of nitrogens with one attached hydrogen (secondary N) is 2. The van der Waals surface area contributed by atoms with Crippen LogP contribution < -0.4 is 34.7 Å². The highest BCUT2D eigenvalue weighted by atomic mass is 32.2. The zero-order valence-electron chi connectivity index (χ0n) is 33.1. The van der Waals surface area contributed by atoms with Crippen molar-refractivity contribution in [3.8, 4) is 34.5 Å². The molecular weight excluding hydrogens is 767 g/mol. The Bertz CT molecular complexity index is 2420. The maximum absolute atomic E-state index is 15.1. The van der Waals surface area contributed by atoms with Gasteiger partial charge in [-0.2, -0.15) is 0 Å². The third-order valence-electron chi connectivity index (χ3n) is 13.3. The number of benzene rings is 3. The highest BCUT2D eigenvalue weighted by Gasteiger charge is 2.62. The molecular formula is C42H47N5O10S. The van der Waals surface area contributed by atoms with Gasteiger partial charge in [0, 0.05) is 64.5 Å². The van der Waals surface area contributed by atoms with E-state index in [4.69, 9.17) is 34.2 Å². The van der Waals surface area contributed by atoms with Gasteiger partial charge in [0.15, 0.2) is 28.5 Å². The number of aryl methyl sites for hydroxylation is 1. The molecule has 6 N–H and O–H groups in total. The van der Waals surface area contributed by atoms with E-state index in [9.17, 15) is 15.0 Å². The van der Waals surface area contributed by atoms with Gasteiger partial charge >= 0.3 is 11.9 Å². The van der Waals surface area contributed by atoms with Crippen LogP contribution in [-0.4, -0.2) is 108 Å². The summed E-state index contributed by atoms with van der Waals surface area (Å²) in [5.41, 5.74) is 11.9. The first-order valence-electron chi connectivity index (χ1n) is 19.6. The highest BCUT2D eigenvalue weighted by Crippen LogP contribution is 2.64. The molecule has 0 radical (unpaired) electrons. The molecule has 58 heavy (non-hydrogen) atoms. The molecule has 306 valence electrons. The van der Waals surface area contributed by atoms with E-state index in [0.29, 0.717) is 69.5 Å². The van der Waals surface area contributed by atoms with E-state index in [2.05, 4.69) is 15.2 Å². The second-order valence-corrected chi connectivity index (χ2v) is 17.4. The first kappa shape index (κ1) is 37.6. The molecule has 1 spiro atoms. The number of H-pyrrole nitrogens is 1. The number of esters is 2. The summed E-state index contributed by atoms with van der Waals surface area (Å²) in [4.78, 5) is 35.9. The average Bonchev–Trinajstić information content (AvgIpc) is 3.85. The molecule has 11 rings (SSSR count). The second-order valence-electron chi connectivity index (χ2n) is 16.2. The van der Waals surface area contributed by atoms with Gasteiger partial charge in [0.2, 0.25) is 6.79 Å². The number of hydrogen-bond acceptors (Lipinski definition) is 15. The minimum absolute atomic E-state index is 0.0465. The molecule has 0 saturated carbocycles. The van der Waals surface area contributed by atoms with Crippen LogP contribution in [0.4, 0.5) is 0 Å². The number of carbonyl (C=O) groups is 2. The molecule has 7 aliphatic rings. The van der Waals surface area contributed by atoms with Crippen molar-refractivity contribution in [1.82, 2.24) is 20.1 Å². The Labute approximate surface area is 339 Å². The van der Waals surface area contributed by atoms with E-state index < -0.39 is 47.1 Å². The summed E-state index contributed by atoms with van der Waals surface area (Å²) in [6, 6.07) is 5.33. The van der Waals surface area contributed by atoms with Crippen LogP contribution in [0.2, 0.25) is 0 Å². The summed E-state index contributed by atoms with van der Waals surface area (Å²) >= 11 is 1.50. The molecule has 0 aliphatic carbocycles. The number of hydrogen-bond donors (Lipinski definition) is 5. The van der Waals surface area contributed by atoms with Crippen LogP contribution in [0.25, 0.3) is 10.9 Å². The van der Waals surface area contributed by atoms with Crippen LogP contribution in [0, 0.1) is 13.8 Å². The van der Waals surface area contributed by atoms with Crippen molar-refractivity contribution >= 4 is 34.6 Å². The number of aliphatic hydroxyl groups is 1. The van der Waals surface area contributed by atoms with E-state index in [1.54, 1.807) is 14.2 Å². The summed E-state index contributed by atoms with van der Waals surface area (Å²) < 4.78 is 36.4. The number of phenols is 1. The maximum atomic E-state index is 15.1. The van der Waals surface area contributed by atoms with Gasteiger partial charge < -0.3 is 49.4 Å². The Kier molecular flexibility index (Phi) is 8.68.